The lowest BCUT2D eigenvalue weighted by molar-refractivity contribution is 0.0779. The van der Waals surface area contributed by atoms with Crippen LogP contribution in [-0.2, 0) is 6.54 Å². The average molecular weight is 262 g/mol. The second-order valence-corrected chi connectivity index (χ2v) is 5.02. The van der Waals surface area contributed by atoms with Crippen molar-refractivity contribution >= 4 is 22.9 Å². The highest BCUT2D eigenvalue weighted by molar-refractivity contribution is 7.09. The summed E-state index contributed by atoms with van der Waals surface area (Å²) >= 11 is 1.57. The molecule has 2 aromatic rings. The topological polar surface area (TPSA) is 72.1 Å². The molecule has 0 fully saturated rings. The number of nitrogens with zero attached hydrogens (tertiary/aromatic N) is 3. The Hall–Kier alpha value is -1.95. The first-order valence-corrected chi connectivity index (χ1v) is 6.33. The van der Waals surface area contributed by atoms with Crippen LogP contribution in [0.15, 0.2) is 23.7 Å². The fourth-order valence-electron chi connectivity index (χ4n) is 1.57. The molecule has 2 aromatic heterocycles. The van der Waals surface area contributed by atoms with Gasteiger partial charge in [-0.2, -0.15) is 0 Å². The summed E-state index contributed by atoms with van der Waals surface area (Å²) in [7, 11) is 1.71. The van der Waals surface area contributed by atoms with E-state index < -0.39 is 0 Å². The molecular weight excluding hydrogens is 248 g/mol. The molecule has 0 saturated heterocycles. The normalized spacial score (nSPS) is 10.3. The summed E-state index contributed by atoms with van der Waals surface area (Å²) in [6.07, 6.45) is 1.56. The molecule has 2 rings (SSSR count). The Balaban J connectivity index is 2.12. The number of anilines is 1. The van der Waals surface area contributed by atoms with E-state index >= 15 is 0 Å². The van der Waals surface area contributed by atoms with Gasteiger partial charge in [0.1, 0.15) is 0 Å². The van der Waals surface area contributed by atoms with Gasteiger partial charge in [0, 0.05) is 18.6 Å². The second kappa shape index (κ2) is 5.14. The smallest absolute Gasteiger partial charge is 0.274 e. The van der Waals surface area contributed by atoms with Crippen molar-refractivity contribution in [3.63, 3.8) is 0 Å². The van der Waals surface area contributed by atoms with Crippen molar-refractivity contribution in [1.29, 1.82) is 0 Å². The van der Waals surface area contributed by atoms with Gasteiger partial charge in [-0.25, -0.2) is 9.97 Å². The Morgan fingerprint density at radius 2 is 2.33 bits per heavy atom. The van der Waals surface area contributed by atoms with Crippen LogP contribution in [0.3, 0.4) is 0 Å². The molecule has 0 aliphatic carbocycles. The van der Waals surface area contributed by atoms with E-state index in [4.69, 9.17) is 5.73 Å². The number of carbonyl (C=O) groups excluding carboxylic acids is 1. The monoisotopic (exact) mass is 262 g/mol. The predicted molar refractivity (Wildman–Crippen MR) is 71.3 cm³/mol. The Morgan fingerprint density at radius 3 is 2.94 bits per heavy atom. The van der Waals surface area contributed by atoms with Gasteiger partial charge < -0.3 is 10.6 Å². The first kappa shape index (κ1) is 12.5. The molecule has 0 radical (unpaired) electrons. The number of aryl methyl sites for hydroxylation is 1. The van der Waals surface area contributed by atoms with Crippen LogP contribution in [0.5, 0.6) is 0 Å². The van der Waals surface area contributed by atoms with Gasteiger partial charge in [0.2, 0.25) is 0 Å². The van der Waals surface area contributed by atoms with Crippen molar-refractivity contribution in [2.24, 2.45) is 0 Å². The molecule has 94 valence electrons. The van der Waals surface area contributed by atoms with Crippen LogP contribution >= 0.6 is 11.3 Å². The van der Waals surface area contributed by atoms with E-state index in [2.05, 4.69) is 9.97 Å². The zero-order valence-electron chi connectivity index (χ0n) is 10.3. The van der Waals surface area contributed by atoms with Gasteiger partial charge >= 0.3 is 0 Å². The summed E-state index contributed by atoms with van der Waals surface area (Å²) in [5, 5.41) is 2.93. The zero-order chi connectivity index (χ0) is 13.1. The fourth-order valence-corrected chi connectivity index (χ4v) is 2.18. The number of hydrogen-bond acceptors (Lipinski definition) is 5. The minimum atomic E-state index is -0.196. The lowest BCUT2D eigenvalue weighted by Gasteiger charge is -2.16. The quantitative estimate of drug-likeness (QED) is 0.913. The van der Waals surface area contributed by atoms with Crippen LogP contribution in [0.25, 0.3) is 0 Å². The van der Waals surface area contributed by atoms with Crippen LogP contribution in [0.4, 0.5) is 5.69 Å². The number of pyridine rings is 1. The second-order valence-electron chi connectivity index (χ2n) is 3.96. The van der Waals surface area contributed by atoms with Crippen molar-refractivity contribution in [3.05, 3.63) is 40.1 Å². The molecule has 5 nitrogen and oxygen atoms in total. The first-order valence-electron chi connectivity index (χ1n) is 5.45. The predicted octanol–water partition coefficient (Wildman–Crippen LogP) is 1.70. The van der Waals surface area contributed by atoms with E-state index in [1.807, 2.05) is 12.3 Å². The highest BCUT2D eigenvalue weighted by Gasteiger charge is 2.16. The Bertz CT molecular complexity index is 567. The number of nitrogens with two attached hydrogens (primary N) is 1. The number of thiazole rings is 1. The lowest BCUT2D eigenvalue weighted by atomic mass is 10.2. The van der Waals surface area contributed by atoms with Crippen LogP contribution in [-0.4, -0.2) is 27.8 Å². The maximum Gasteiger partial charge on any atom is 0.274 e. The van der Waals surface area contributed by atoms with Gasteiger partial charge in [-0.3, -0.25) is 4.79 Å². The third kappa shape index (κ3) is 2.65. The Morgan fingerprint density at radius 1 is 1.56 bits per heavy atom. The molecular formula is C12H14N4OS. The molecule has 0 aliphatic rings. The van der Waals surface area contributed by atoms with E-state index in [-0.39, 0.29) is 11.6 Å². The van der Waals surface area contributed by atoms with E-state index in [1.165, 1.54) is 0 Å². The minimum absolute atomic E-state index is 0.196. The molecule has 0 aromatic carbocycles. The number of nitrogen functional groups attached to an aromatic ring is 1. The molecule has 2 N–H and O–H groups in total. The van der Waals surface area contributed by atoms with Crippen molar-refractivity contribution < 1.29 is 4.79 Å². The average Bonchev–Trinajstić information content (AvgIpc) is 2.74. The number of hydrogen-bond donors (Lipinski definition) is 1. The van der Waals surface area contributed by atoms with Gasteiger partial charge in [0.25, 0.3) is 5.91 Å². The van der Waals surface area contributed by atoms with E-state index in [1.54, 1.807) is 41.6 Å². The summed E-state index contributed by atoms with van der Waals surface area (Å²) in [4.78, 5) is 22.0. The molecule has 2 heterocycles. The minimum Gasteiger partial charge on any atom is -0.397 e. The van der Waals surface area contributed by atoms with Crippen LogP contribution in [0.1, 0.15) is 21.2 Å². The van der Waals surface area contributed by atoms with Gasteiger partial charge in [-0.15, -0.1) is 11.3 Å². The highest BCUT2D eigenvalue weighted by Crippen LogP contribution is 2.13. The summed E-state index contributed by atoms with van der Waals surface area (Å²) in [6, 6.07) is 3.37. The number of carbonyl (C=O) groups is 1. The number of rotatable bonds is 3. The van der Waals surface area contributed by atoms with Gasteiger partial charge in [-0.05, 0) is 19.1 Å². The molecule has 6 heteroatoms. The van der Waals surface area contributed by atoms with Crippen LogP contribution in [0, 0.1) is 6.92 Å². The Kier molecular flexibility index (Phi) is 3.57. The van der Waals surface area contributed by atoms with Crippen molar-refractivity contribution in [1.82, 2.24) is 14.9 Å². The standard InChI is InChI=1S/C12H14N4OS/c1-8-15-9(7-18-8)6-16(2)12(17)11-10(13)4-3-5-14-11/h3-5,7H,6,13H2,1-2H3. The van der Waals surface area contributed by atoms with Gasteiger partial charge in [-0.1, -0.05) is 0 Å². The van der Waals surface area contributed by atoms with Gasteiger partial charge in [0.15, 0.2) is 5.69 Å². The fraction of sp³-hybridized carbons (Fsp3) is 0.250. The molecule has 18 heavy (non-hydrogen) atoms. The van der Waals surface area contributed by atoms with Crippen molar-refractivity contribution in [2.45, 2.75) is 13.5 Å². The summed E-state index contributed by atoms with van der Waals surface area (Å²) in [6.45, 7) is 2.39. The molecule has 0 unspecified atom stereocenters. The van der Waals surface area contributed by atoms with Gasteiger partial charge in [0.05, 0.1) is 22.9 Å². The van der Waals surface area contributed by atoms with Crippen molar-refractivity contribution in [2.75, 3.05) is 12.8 Å². The molecule has 0 spiro atoms. The first-order chi connectivity index (χ1) is 8.58. The third-order valence-corrected chi connectivity index (χ3v) is 3.28. The van der Waals surface area contributed by atoms with E-state index in [0.29, 0.717) is 12.2 Å². The maximum absolute atomic E-state index is 12.1. The lowest BCUT2D eigenvalue weighted by Crippen LogP contribution is -2.28. The molecule has 0 saturated carbocycles. The number of amides is 1. The van der Waals surface area contributed by atoms with Crippen molar-refractivity contribution in [3.8, 4) is 0 Å². The molecule has 0 atom stereocenters. The molecule has 1 amide bonds. The zero-order valence-corrected chi connectivity index (χ0v) is 11.1. The largest absolute Gasteiger partial charge is 0.397 e. The molecule has 0 bridgehead atoms. The third-order valence-electron chi connectivity index (χ3n) is 2.45. The van der Waals surface area contributed by atoms with Crippen LogP contribution < -0.4 is 5.73 Å². The summed E-state index contributed by atoms with van der Waals surface area (Å²) in [5.41, 5.74) is 7.29. The van der Waals surface area contributed by atoms with E-state index in [9.17, 15) is 4.79 Å². The Labute approximate surface area is 109 Å². The molecule has 0 aliphatic heterocycles. The number of aromatic nitrogens is 2. The highest BCUT2D eigenvalue weighted by atomic mass is 32.1. The summed E-state index contributed by atoms with van der Waals surface area (Å²) in [5.74, 6) is -0.196. The SMILES string of the molecule is Cc1nc(CN(C)C(=O)c2ncccc2N)cs1. The summed E-state index contributed by atoms with van der Waals surface area (Å²) < 4.78 is 0. The van der Waals surface area contributed by atoms with E-state index in [0.717, 1.165) is 10.7 Å². The maximum atomic E-state index is 12.1. The van der Waals surface area contributed by atoms with Crippen LogP contribution in [0.2, 0.25) is 0 Å².